The molecule has 0 aliphatic heterocycles. The molecule has 0 atom stereocenters. The van der Waals surface area contributed by atoms with Crippen LogP contribution < -0.4 is 11.1 Å². The van der Waals surface area contributed by atoms with Crippen LogP contribution in [0, 0.1) is 6.92 Å². The maximum Gasteiger partial charge on any atom is 0.244 e. The summed E-state index contributed by atoms with van der Waals surface area (Å²) in [6.07, 6.45) is 1.26. The lowest BCUT2D eigenvalue weighted by atomic mass is 9.93. The van der Waals surface area contributed by atoms with Crippen molar-refractivity contribution in [2.75, 3.05) is 5.32 Å². The topological polar surface area (TPSA) is 55.1 Å². The Balaban J connectivity index is 2.88. The summed E-state index contributed by atoms with van der Waals surface area (Å²) in [4.78, 5) is 12.1. The van der Waals surface area contributed by atoms with Gasteiger partial charge in [0.2, 0.25) is 5.91 Å². The number of amides is 1. The first kappa shape index (κ1) is 14.2. The predicted molar refractivity (Wildman–Crippen MR) is 75.0 cm³/mol. The molecule has 0 unspecified atom stereocenters. The summed E-state index contributed by atoms with van der Waals surface area (Å²) in [6, 6.07) is 5.74. The van der Waals surface area contributed by atoms with E-state index >= 15 is 0 Å². The smallest absolute Gasteiger partial charge is 0.244 e. The van der Waals surface area contributed by atoms with Crippen molar-refractivity contribution in [2.45, 2.75) is 39.2 Å². The normalized spacial score (nSPS) is 11.4. The quantitative estimate of drug-likeness (QED) is 0.897. The second kappa shape index (κ2) is 5.65. The summed E-state index contributed by atoms with van der Waals surface area (Å²) in [5.41, 5.74) is 7.10. The van der Waals surface area contributed by atoms with E-state index in [1.54, 1.807) is 0 Å². The molecule has 0 aliphatic rings. The van der Waals surface area contributed by atoms with Gasteiger partial charge < -0.3 is 11.1 Å². The fourth-order valence-corrected chi connectivity index (χ4v) is 2.06. The van der Waals surface area contributed by atoms with E-state index in [0.717, 1.165) is 15.7 Å². The SMILES string of the molecule is CCC(N)(CC)C(=O)Nc1ccc(Br)cc1C. The molecule has 3 N–H and O–H groups in total. The second-order valence-electron chi connectivity index (χ2n) is 4.28. The average Bonchev–Trinajstić information content (AvgIpc) is 2.31. The Morgan fingerprint density at radius 2 is 2.00 bits per heavy atom. The molecule has 1 aromatic rings. The predicted octanol–water partition coefficient (Wildman–Crippen LogP) is 3.21. The van der Waals surface area contributed by atoms with Crippen molar-refractivity contribution in [2.24, 2.45) is 5.73 Å². The Labute approximate surface area is 111 Å². The van der Waals surface area contributed by atoms with Crippen LogP contribution in [0.25, 0.3) is 0 Å². The molecule has 0 aliphatic carbocycles. The fourth-order valence-electron chi connectivity index (χ4n) is 1.59. The van der Waals surface area contributed by atoms with Gasteiger partial charge >= 0.3 is 0 Å². The molecule has 0 bridgehead atoms. The number of carbonyl (C=O) groups excluding carboxylic acids is 1. The standard InChI is InChI=1S/C13H19BrN2O/c1-4-13(15,5-2)12(17)16-11-7-6-10(14)8-9(11)3/h6-8H,4-5,15H2,1-3H3,(H,16,17). The van der Waals surface area contributed by atoms with Gasteiger partial charge in [0.05, 0.1) is 5.54 Å². The molecule has 1 rings (SSSR count). The second-order valence-corrected chi connectivity index (χ2v) is 5.19. The molecule has 0 radical (unpaired) electrons. The summed E-state index contributed by atoms with van der Waals surface area (Å²) in [5.74, 6) is -0.118. The number of rotatable bonds is 4. The van der Waals surface area contributed by atoms with Gasteiger partial charge in [-0.1, -0.05) is 29.8 Å². The maximum atomic E-state index is 12.1. The molecular formula is C13H19BrN2O. The molecule has 94 valence electrons. The van der Waals surface area contributed by atoms with Crippen LogP contribution in [0.5, 0.6) is 0 Å². The molecule has 0 saturated carbocycles. The summed E-state index contributed by atoms with van der Waals surface area (Å²) in [6.45, 7) is 5.81. The Kier molecular flexibility index (Phi) is 4.71. The molecule has 0 heterocycles. The van der Waals surface area contributed by atoms with E-state index in [4.69, 9.17) is 5.73 Å². The van der Waals surface area contributed by atoms with Crippen LogP contribution in [0.2, 0.25) is 0 Å². The van der Waals surface area contributed by atoms with Crippen LogP contribution in [-0.4, -0.2) is 11.4 Å². The number of benzene rings is 1. The highest BCUT2D eigenvalue weighted by Gasteiger charge is 2.29. The van der Waals surface area contributed by atoms with Crippen molar-refractivity contribution < 1.29 is 4.79 Å². The van der Waals surface area contributed by atoms with Crippen molar-refractivity contribution in [3.05, 3.63) is 28.2 Å². The van der Waals surface area contributed by atoms with E-state index in [1.165, 1.54) is 0 Å². The average molecular weight is 299 g/mol. The van der Waals surface area contributed by atoms with Crippen LogP contribution in [0.15, 0.2) is 22.7 Å². The molecule has 4 heteroatoms. The zero-order chi connectivity index (χ0) is 13.1. The molecule has 3 nitrogen and oxygen atoms in total. The number of anilines is 1. The van der Waals surface area contributed by atoms with E-state index in [2.05, 4.69) is 21.2 Å². The van der Waals surface area contributed by atoms with Crippen molar-refractivity contribution in [1.29, 1.82) is 0 Å². The van der Waals surface area contributed by atoms with Gasteiger partial charge in [0.15, 0.2) is 0 Å². The summed E-state index contributed by atoms with van der Waals surface area (Å²) < 4.78 is 0.998. The minimum atomic E-state index is -0.778. The van der Waals surface area contributed by atoms with Gasteiger partial charge in [0, 0.05) is 10.2 Å². The highest BCUT2D eigenvalue weighted by molar-refractivity contribution is 9.10. The third-order valence-electron chi connectivity index (χ3n) is 3.15. The maximum absolute atomic E-state index is 12.1. The molecule has 17 heavy (non-hydrogen) atoms. The Hall–Kier alpha value is -0.870. The molecule has 1 aromatic carbocycles. The fraction of sp³-hybridized carbons (Fsp3) is 0.462. The van der Waals surface area contributed by atoms with Crippen molar-refractivity contribution in [3.8, 4) is 0 Å². The van der Waals surface area contributed by atoms with Gasteiger partial charge in [-0.3, -0.25) is 4.79 Å². The highest BCUT2D eigenvalue weighted by atomic mass is 79.9. The lowest BCUT2D eigenvalue weighted by Crippen LogP contribution is -2.50. The lowest BCUT2D eigenvalue weighted by molar-refractivity contribution is -0.121. The first-order valence-corrected chi connectivity index (χ1v) is 6.58. The van der Waals surface area contributed by atoms with E-state index < -0.39 is 5.54 Å². The molecule has 0 saturated heterocycles. The molecule has 1 amide bonds. The van der Waals surface area contributed by atoms with Crippen molar-refractivity contribution in [1.82, 2.24) is 0 Å². The number of hydrogen-bond donors (Lipinski definition) is 2. The first-order chi connectivity index (χ1) is 7.92. The van der Waals surface area contributed by atoms with E-state index in [9.17, 15) is 4.79 Å². The van der Waals surface area contributed by atoms with Gasteiger partial charge in [0.1, 0.15) is 0 Å². The molecule has 0 aromatic heterocycles. The van der Waals surface area contributed by atoms with Crippen LogP contribution in [0.3, 0.4) is 0 Å². The highest BCUT2D eigenvalue weighted by Crippen LogP contribution is 2.22. The number of halogens is 1. The van der Waals surface area contributed by atoms with Gasteiger partial charge in [-0.25, -0.2) is 0 Å². The lowest BCUT2D eigenvalue weighted by Gasteiger charge is -2.25. The van der Waals surface area contributed by atoms with E-state index in [1.807, 2.05) is 39.0 Å². The third kappa shape index (κ3) is 3.30. The Morgan fingerprint density at radius 3 is 2.47 bits per heavy atom. The Bertz CT molecular complexity index is 414. The first-order valence-electron chi connectivity index (χ1n) is 5.79. The van der Waals surface area contributed by atoms with Crippen molar-refractivity contribution in [3.63, 3.8) is 0 Å². The van der Waals surface area contributed by atoms with Gasteiger partial charge in [-0.05, 0) is 43.5 Å². The number of aryl methyl sites for hydroxylation is 1. The monoisotopic (exact) mass is 298 g/mol. The minimum absolute atomic E-state index is 0.118. The van der Waals surface area contributed by atoms with E-state index in [0.29, 0.717) is 12.8 Å². The van der Waals surface area contributed by atoms with Crippen LogP contribution in [0.4, 0.5) is 5.69 Å². The third-order valence-corrected chi connectivity index (χ3v) is 3.64. The van der Waals surface area contributed by atoms with Gasteiger partial charge in [0.25, 0.3) is 0 Å². The zero-order valence-electron chi connectivity index (χ0n) is 10.5. The zero-order valence-corrected chi connectivity index (χ0v) is 12.1. The van der Waals surface area contributed by atoms with Crippen molar-refractivity contribution >= 4 is 27.5 Å². The summed E-state index contributed by atoms with van der Waals surface area (Å²) >= 11 is 3.39. The number of carbonyl (C=O) groups is 1. The van der Waals surface area contributed by atoms with Crippen LogP contribution in [-0.2, 0) is 4.79 Å². The van der Waals surface area contributed by atoms with Crippen LogP contribution in [0.1, 0.15) is 32.3 Å². The number of nitrogens with one attached hydrogen (secondary N) is 1. The van der Waals surface area contributed by atoms with Gasteiger partial charge in [-0.2, -0.15) is 0 Å². The number of hydrogen-bond acceptors (Lipinski definition) is 2. The molecule has 0 fully saturated rings. The van der Waals surface area contributed by atoms with Gasteiger partial charge in [-0.15, -0.1) is 0 Å². The Morgan fingerprint density at radius 1 is 1.41 bits per heavy atom. The summed E-state index contributed by atoms with van der Waals surface area (Å²) in [5, 5.41) is 2.90. The molecule has 0 spiro atoms. The molecular weight excluding hydrogens is 280 g/mol. The summed E-state index contributed by atoms with van der Waals surface area (Å²) in [7, 11) is 0. The number of nitrogens with two attached hydrogens (primary N) is 1. The largest absolute Gasteiger partial charge is 0.324 e. The van der Waals surface area contributed by atoms with Crippen LogP contribution >= 0.6 is 15.9 Å². The van der Waals surface area contributed by atoms with E-state index in [-0.39, 0.29) is 5.91 Å². The minimum Gasteiger partial charge on any atom is -0.324 e.